The molecule has 0 aliphatic rings. The highest BCUT2D eigenvalue weighted by Gasteiger charge is 1.55. The van der Waals surface area contributed by atoms with Gasteiger partial charge in [-0.05, 0) is 0 Å². The minimum absolute atomic E-state index is 0. The van der Waals surface area contributed by atoms with Gasteiger partial charge in [0.05, 0.1) is 0 Å². The van der Waals surface area contributed by atoms with Crippen LogP contribution < -0.4 is 34.4 Å². The number of rotatable bonds is 3. The van der Waals surface area contributed by atoms with Crippen LogP contribution in [0.5, 0.6) is 0 Å². The lowest BCUT2D eigenvalue weighted by Gasteiger charge is -1.72. The van der Waals surface area contributed by atoms with Crippen LogP contribution in [0.15, 0.2) is 0 Å². The molecule has 0 aromatic rings. The van der Waals surface area contributed by atoms with Crippen molar-refractivity contribution in [3.05, 3.63) is 0 Å². The molecule has 7 heteroatoms. The van der Waals surface area contributed by atoms with Crippen LogP contribution in [0.25, 0.3) is 0 Å². The molecule has 0 radical (unpaired) electrons. The van der Waals surface area contributed by atoms with E-state index in [0.29, 0.717) is 39.3 Å². The first-order valence-electron chi connectivity index (χ1n) is 3.95. The Hall–Kier alpha value is 0.0500. The van der Waals surface area contributed by atoms with Crippen molar-refractivity contribution in [3.63, 3.8) is 0 Å². The lowest BCUT2D eigenvalue weighted by atomic mass is 10.7. The van der Waals surface area contributed by atoms with Crippen LogP contribution in [0, 0.1) is 0 Å². The third-order valence-electron chi connectivity index (χ3n) is 0.500. The zero-order valence-electron chi connectivity index (χ0n) is 8.11. The van der Waals surface area contributed by atoms with Gasteiger partial charge in [0.25, 0.3) is 0 Å². The molecule has 0 saturated carbocycles. The summed E-state index contributed by atoms with van der Waals surface area (Å²) in [5.74, 6) is 0. The molecular formula is C6H25ClN6. The van der Waals surface area contributed by atoms with Gasteiger partial charge in [-0.25, -0.2) is 0 Å². The van der Waals surface area contributed by atoms with E-state index >= 15 is 0 Å². The average Bonchev–Trinajstić information content (AvgIpc) is 2.18. The zero-order valence-corrected chi connectivity index (χ0v) is 8.93. The summed E-state index contributed by atoms with van der Waals surface area (Å²) < 4.78 is 0. The molecule has 0 unspecified atom stereocenters. The third kappa shape index (κ3) is 131. The summed E-state index contributed by atoms with van der Waals surface area (Å²) in [6, 6.07) is 0. The number of hydrogen-bond donors (Lipinski definition) is 6. The second-order valence-electron chi connectivity index (χ2n) is 1.73. The molecule has 0 aliphatic heterocycles. The molecule has 0 aliphatic carbocycles. The Bertz CT molecular complexity index is 32.6. The fourth-order valence-corrected chi connectivity index (χ4v) is 0. The topological polar surface area (TPSA) is 156 Å². The van der Waals surface area contributed by atoms with E-state index in [0.717, 1.165) is 0 Å². The molecule has 12 N–H and O–H groups in total. The van der Waals surface area contributed by atoms with Crippen molar-refractivity contribution < 1.29 is 0 Å². The molecule has 0 fully saturated rings. The molecule has 0 aromatic heterocycles. The van der Waals surface area contributed by atoms with E-state index < -0.39 is 0 Å². The van der Waals surface area contributed by atoms with Crippen LogP contribution in [-0.2, 0) is 0 Å². The zero-order chi connectivity index (χ0) is 10.2. The van der Waals surface area contributed by atoms with E-state index in [9.17, 15) is 0 Å². The Balaban J connectivity index is -0.0000000450. The Labute approximate surface area is 86.8 Å². The minimum atomic E-state index is 0. The van der Waals surface area contributed by atoms with E-state index in [1.54, 1.807) is 0 Å². The van der Waals surface area contributed by atoms with Gasteiger partial charge in [-0.2, -0.15) is 0 Å². The molecule has 0 heterocycles. The van der Waals surface area contributed by atoms with E-state index in [1.807, 2.05) is 0 Å². The van der Waals surface area contributed by atoms with Gasteiger partial charge in [0, 0.05) is 39.3 Å². The van der Waals surface area contributed by atoms with E-state index in [1.165, 1.54) is 0 Å². The van der Waals surface area contributed by atoms with Crippen molar-refractivity contribution in [1.82, 2.24) is 0 Å². The first-order chi connectivity index (χ1) is 5.74. The third-order valence-corrected chi connectivity index (χ3v) is 0.500. The second-order valence-corrected chi connectivity index (χ2v) is 1.73. The molecule has 0 saturated heterocycles. The van der Waals surface area contributed by atoms with E-state index in [2.05, 4.69) is 0 Å². The maximum atomic E-state index is 4.90. The van der Waals surface area contributed by atoms with Crippen LogP contribution >= 0.6 is 12.4 Å². The summed E-state index contributed by atoms with van der Waals surface area (Å²) in [6.07, 6.45) is 0. The molecule has 86 valence electrons. The quantitative estimate of drug-likeness (QED) is 0.298. The maximum Gasteiger partial charge on any atom is 0.00461 e. The standard InChI is InChI=1S/3C2H8N2.ClH/c3*3-1-2-4;/h3*1-4H2;1H. The lowest BCUT2D eigenvalue weighted by molar-refractivity contribution is 0.976. The number of halogens is 1. The van der Waals surface area contributed by atoms with Crippen LogP contribution in [0.1, 0.15) is 0 Å². The molecule has 0 amide bonds. The number of hydrogen-bond acceptors (Lipinski definition) is 6. The van der Waals surface area contributed by atoms with Crippen LogP contribution in [0.4, 0.5) is 0 Å². The van der Waals surface area contributed by atoms with Gasteiger partial charge >= 0.3 is 0 Å². The monoisotopic (exact) mass is 216 g/mol. The fourth-order valence-electron chi connectivity index (χ4n) is 0. The van der Waals surface area contributed by atoms with Gasteiger partial charge in [-0.1, -0.05) is 0 Å². The van der Waals surface area contributed by atoms with Gasteiger partial charge in [-0.3, -0.25) is 0 Å². The Morgan fingerprint density at radius 2 is 0.462 bits per heavy atom. The summed E-state index contributed by atoms with van der Waals surface area (Å²) in [7, 11) is 0. The summed E-state index contributed by atoms with van der Waals surface area (Å²) in [6.45, 7) is 3.58. The van der Waals surface area contributed by atoms with Crippen LogP contribution in [0.3, 0.4) is 0 Å². The highest BCUT2D eigenvalue weighted by atomic mass is 35.5. The highest BCUT2D eigenvalue weighted by Crippen LogP contribution is 1.25. The van der Waals surface area contributed by atoms with Crippen molar-refractivity contribution in [1.29, 1.82) is 0 Å². The highest BCUT2D eigenvalue weighted by molar-refractivity contribution is 5.85. The van der Waals surface area contributed by atoms with Crippen molar-refractivity contribution in [3.8, 4) is 0 Å². The minimum Gasteiger partial charge on any atom is -0.329 e. The number of nitrogens with two attached hydrogens (primary N) is 6. The van der Waals surface area contributed by atoms with Crippen molar-refractivity contribution >= 4 is 12.4 Å². The Morgan fingerprint density at radius 1 is 0.385 bits per heavy atom. The second kappa shape index (κ2) is 40.2. The SMILES string of the molecule is Cl.NCCN.NCCN.NCCN. The van der Waals surface area contributed by atoms with Crippen molar-refractivity contribution in [2.75, 3.05) is 39.3 Å². The lowest BCUT2D eigenvalue weighted by Crippen LogP contribution is -2.11. The van der Waals surface area contributed by atoms with Gasteiger partial charge in [-0.15, -0.1) is 12.4 Å². The predicted octanol–water partition coefficient (Wildman–Crippen LogP) is -2.87. The summed E-state index contributed by atoms with van der Waals surface area (Å²) in [5.41, 5.74) is 29.4. The van der Waals surface area contributed by atoms with Gasteiger partial charge < -0.3 is 34.4 Å². The molecule has 0 atom stereocenters. The van der Waals surface area contributed by atoms with Gasteiger partial charge in [0.1, 0.15) is 0 Å². The maximum absolute atomic E-state index is 4.90. The predicted molar refractivity (Wildman–Crippen MR) is 61.6 cm³/mol. The first-order valence-corrected chi connectivity index (χ1v) is 3.95. The molecule has 0 spiro atoms. The smallest absolute Gasteiger partial charge is 0.00461 e. The van der Waals surface area contributed by atoms with Gasteiger partial charge in [0.15, 0.2) is 0 Å². The Morgan fingerprint density at radius 3 is 0.462 bits per heavy atom. The fraction of sp³-hybridized carbons (Fsp3) is 1.00. The van der Waals surface area contributed by atoms with E-state index in [4.69, 9.17) is 34.4 Å². The molecular weight excluding hydrogens is 192 g/mol. The van der Waals surface area contributed by atoms with Crippen molar-refractivity contribution in [2.24, 2.45) is 34.4 Å². The molecule has 6 nitrogen and oxygen atoms in total. The summed E-state index contributed by atoms with van der Waals surface area (Å²) in [4.78, 5) is 0. The van der Waals surface area contributed by atoms with Crippen molar-refractivity contribution in [2.45, 2.75) is 0 Å². The largest absolute Gasteiger partial charge is 0.329 e. The molecule has 0 bridgehead atoms. The molecule has 0 rings (SSSR count). The van der Waals surface area contributed by atoms with Crippen LogP contribution in [-0.4, -0.2) is 39.3 Å². The molecule has 0 aromatic carbocycles. The van der Waals surface area contributed by atoms with E-state index in [-0.39, 0.29) is 12.4 Å². The first kappa shape index (κ1) is 23.1. The summed E-state index contributed by atoms with van der Waals surface area (Å²) >= 11 is 0. The summed E-state index contributed by atoms with van der Waals surface area (Å²) in [5, 5.41) is 0. The average molecular weight is 217 g/mol. The van der Waals surface area contributed by atoms with Crippen LogP contribution in [0.2, 0.25) is 0 Å². The molecule has 13 heavy (non-hydrogen) atoms. The van der Waals surface area contributed by atoms with Gasteiger partial charge in [0.2, 0.25) is 0 Å². The normalized spacial score (nSPS) is 6.92. The Kier molecular flexibility index (Phi) is 71.5.